The molecule has 6 unspecified atom stereocenters. The molecule has 5 rings (SSSR count). The van der Waals surface area contributed by atoms with Gasteiger partial charge in [0, 0.05) is 5.25 Å². The van der Waals surface area contributed by atoms with Crippen LogP contribution in [0.25, 0.3) is 11.1 Å². The zero-order chi connectivity index (χ0) is 23.8. The second-order valence-electron chi connectivity index (χ2n) is 12.6. The van der Waals surface area contributed by atoms with Crippen LogP contribution in [0.2, 0.25) is 0 Å². The van der Waals surface area contributed by atoms with Gasteiger partial charge >= 0.3 is 0 Å². The number of hydrogen-bond acceptors (Lipinski definition) is 0. The second kappa shape index (κ2) is 8.18. The number of benzene rings is 2. The van der Waals surface area contributed by atoms with Crippen LogP contribution in [-0.2, 0) is 19.3 Å². The summed E-state index contributed by atoms with van der Waals surface area (Å²) in [6, 6.07) is 9.82. The van der Waals surface area contributed by atoms with Crippen LogP contribution in [0.15, 0.2) is 24.3 Å². The molecule has 3 aliphatic rings. The van der Waals surface area contributed by atoms with Gasteiger partial charge in [0.15, 0.2) is 0 Å². The maximum atomic E-state index is 2.72. The van der Waals surface area contributed by atoms with Crippen molar-refractivity contribution in [1.29, 1.82) is 0 Å². The molecule has 6 atom stereocenters. The second-order valence-corrected chi connectivity index (χ2v) is 16.6. The van der Waals surface area contributed by atoms with Crippen molar-refractivity contribution in [1.82, 2.24) is 0 Å². The van der Waals surface area contributed by atoms with Crippen LogP contribution in [0, 0.1) is 43.4 Å². The van der Waals surface area contributed by atoms with Crippen molar-refractivity contribution in [2.75, 3.05) is 12.5 Å². The van der Waals surface area contributed by atoms with Crippen molar-refractivity contribution in [3.8, 4) is 11.1 Å². The number of aryl methyl sites for hydroxylation is 3. The molecule has 0 radical (unpaired) electrons. The maximum Gasteiger partial charge on any atom is 0.0170 e. The van der Waals surface area contributed by atoms with E-state index < -0.39 is 10.0 Å². The minimum absolute atomic E-state index is 0.745. The van der Waals surface area contributed by atoms with E-state index in [0.717, 1.165) is 40.1 Å². The Labute approximate surface area is 205 Å². The molecule has 0 amide bonds. The summed E-state index contributed by atoms with van der Waals surface area (Å²) in [5.41, 5.74) is 12.9. The molecule has 0 bridgehead atoms. The zero-order valence-electron chi connectivity index (χ0n) is 22.6. The van der Waals surface area contributed by atoms with Gasteiger partial charge in [-0.2, -0.15) is 0 Å². The van der Waals surface area contributed by atoms with Gasteiger partial charge in [-0.1, -0.05) is 64.4 Å². The van der Waals surface area contributed by atoms with Gasteiger partial charge in [-0.3, -0.25) is 0 Å². The highest BCUT2D eigenvalue weighted by Crippen LogP contribution is 2.71. The van der Waals surface area contributed by atoms with E-state index in [-0.39, 0.29) is 0 Å². The van der Waals surface area contributed by atoms with Gasteiger partial charge < -0.3 is 0 Å². The lowest BCUT2D eigenvalue weighted by molar-refractivity contribution is 0.352. The molecule has 1 saturated carbocycles. The fourth-order valence-corrected chi connectivity index (χ4v) is 13.8. The predicted octanol–water partition coefficient (Wildman–Crippen LogP) is 8.68. The normalized spacial score (nSPS) is 33.9. The standard InChI is InChI=1S/C32H46S/c1-18-13-14-19(2)27(15-18)30-26-12-10-11-25(26)17-29-28(30)16-20(3)31(29)33(8,9)32-23(6)21(4)22(5)24(32)7/h13-15,17,20-24,31-32H,10-12,16H2,1-9H3. The van der Waals surface area contributed by atoms with Gasteiger partial charge in [-0.25, -0.2) is 10.0 Å². The molecule has 2 aromatic carbocycles. The number of hydrogen-bond donors (Lipinski definition) is 0. The summed E-state index contributed by atoms with van der Waals surface area (Å²) in [6.45, 7) is 17.4. The van der Waals surface area contributed by atoms with Gasteiger partial charge in [0.1, 0.15) is 0 Å². The van der Waals surface area contributed by atoms with Crippen molar-refractivity contribution in [3.05, 3.63) is 57.6 Å². The predicted molar refractivity (Wildman–Crippen MR) is 149 cm³/mol. The lowest BCUT2D eigenvalue weighted by Crippen LogP contribution is -2.31. The van der Waals surface area contributed by atoms with Gasteiger partial charge in [-0.05, 0) is 126 Å². The topological polar surface area (TPSA) is 0 Å². The van der Waals surface area contributed by atoms with E-state index >= 15 is 0 Å². The van der Waals surface area contributed by atoms with Gasteiger partial charge in [0.25, 0.3) is 0 Å². The van der Waals surface area contributed by atoms with E-state index in [1.165, 1.54) is 42.4 Å². The monoisotopic (exact) mass is 462 g/mol. The molecular weight excluding hydrogens is 416 g/mol. The molecule has 0 spiro atoms. The van der Waals surface area contributed by atoms with Gasteiger partial charge in [0.05, 0.1) is 0 Å². The third kappa shape index (κ3) is 3.47. The molecule has 0 heterocycles. The Hall–Kier alpha value is -1.21. The van der Waals surface area contributed by atoms with E-state index in [9.17, 15) is 0 Å². The van der Waals surface area contributed by atoms with E-state index in [0.29, 0.717) is 0 Å². The Balaban J connectivity index is 1.69. The summed E-state index contributed by atoms with van der Waals surface area (Å²) in [5.74, 6) is 4.12. The lowest BCUT2D eigenvalue weighted by atomic mass is 9.87. The lowest BCUT2D eigenvalue weighted by Gasteiger charge is -2.50. The molecule has 180 valence electrons. The minimum Gasteiger partial charge on any atom is -0.236 e. The Morgan fingerprint density at radius 3 is 2.12 bits per heavy atom. The highest BCUT2D eigenvalue weighted by Gasteiger charge is 2.51. The molecule has 0 aliphatic heterocycles. The average molecular weight is 463 g/mol. The summed E-state index contributed by atoms with van der Waals surface area (Å²) < 4.78 is 0. The quantitative estimate of drug-likeness (QED) is 0.428. The van der Waals surface area contributed by atoms with Crippen LogP contribution in [0.4, 0.5) is 0 Å². The smallest absolute Gasteiger partial charge is 0.0170 e. The Kier molecular flexibility index (Phi) is 5.83. The number of rotatable bonds is 3. The number of fused-ring (bicyclic) bond motifs is 2. The van der Waals surface area contributed by atoms with Gasteiger partial charge in [-0.15, -0.1) is 0 Å². The van der Waals surface area contributed by atoms with Crippen LogP contribution >= 0.6 is 10.0 Å². The summed E-state index contributed by atoms with van der Waals surface area (Å²) in [4.78, 5) is 0. The van der Waals surface area contributed by atoms with E-state index in [4.69, 9.17) is 0 Å². The summed E-state index contributed by atoms with van der Waals surface area (Å²) in [6.07, 6.45) is 10.6. The first-order valence-electron chi connectivity index (χ1n) is 13.5. The van der Waals surface area contributed by atoms with E-state index in [1.807, 2.05) is 0 Å². The van der Waals surface area contributed by atoms with Crippen molar-refractivity contribution in [3.63, 3.8) is 0 Å². The SMILES string of the molecule is Cc1ccc(C)c(-c2c3c(cc4c2CC(C)C4S(C)(C)C2C(C)C(C)C(C)C2C)CCC3)c1. The Morgan fingerprint density at radius 2 is 1.45 bits per heavy atom. The van der Waals surface area contributed by atoms with Crippen molar-refractivity contribution >= 4 is 10.0 Å². The molecule has 0 N–H and O–H groups in total. The average Bonchev–Trinajstić information content (AvgIpc) is 3.40. The molecule has 1 heteroatoms. The first-order chi connectivity index (χ1) is 15.5. The molecular formula is C32H46S. The Bertz CT molecular complexity index is 1060. The van der Waals surface area contributed by atoms with E-state index in [2.05, 4.69) is 85.2 Å². The third-order valence-corrected chi connectivity index (χ3v) is 14.7. The van der Waals surface area contributed by atoms with Crippen LogP contribution in [0.3, 0.4) is 0 Å². The molecule has 1 fully saturated rings. The molecule has 0 nitrogen and oxygen atoms in total. The van der Waals surface area contributed by atoms with Crippen molar-refractivity contribution in [2.24, 2.45) is 29.6 Å². The third-order valence-electron chi connectivity index (χ3n) is 10.4. The fraction of sp³-hybridized carbons (Fsp3) is 0.625. The molecule has 3 aliphatic carbocycles. The van der Waals surface area contributed by atoms with Crippen molar-refractivity contribution in [2.45, 2.75) is 84.6 Å². The fourth-order valence-electron chi connectivity index (χ4n) is 8.59. The largest absolute Gasteiger partial charge is 0.236 e. The van der Waals surface area contributed by atoms with Crippen LogP contribution in [0.5, 0.6) is 0 Å². The maximum absolute atomic E-state index is 2.72. The molecule has 0 saturated heterocycles. The molecule has 33 heavy (non-hydrogen) atoms. The first kappa shape index (κ1) is 23.5. The van der Waals surface area contributed by atoms with Gasteiger partial charge in [0.2, 0.25) is 0 Å². The molecule has 2 aromatic rings. The highest BCUT2D eigenvalue weighted by molar-refractivity contribution is 8.33. The summed E-state index contributed by atoms with van der Waals surface area (Å²) >= 11 is 0. The van der Waals surface area contributed by atoms with E-state index in [1.54, 1.807) is 27.8 Å². The van der Waals surface area contributed by atoms with Crippen LogP contribution in [0.1, 0.15) is 79.7 Å². The first-order valence-corrected chi connectivity index (χ1v) is 16.1. The minimum atomic E-state index is -0.800. The Morgan fingerprint density at radius 1 is 0.788 bits per heavy atom. The summed E-state index contributed by atoms with van der Waals surface area (Å²) in [5, 5.41) is 1.62. The van der Waals surface area contributed by atoms with Crippen molar-refractivity contribution < 1.29 is 0 Å². The highest BCUT2D eigenvalue weighted by atomic mass is 32.3. The molecule has 0 aromatic heterocycles. The zero-order valence-corrected chi connectivity index (χ0v) is 23.4. The van der Waals surface area contributed by atoms with Crippen LogP contribution < -0.4 is 0 Å². The summed E-state index contributed by atoms with van der Waals surface area (Å²) in [7, 11) is -0.800. The van der Waals surface area contributed by atoms with Crippen LogP contribution in [-0.4, -0.2) is 17.8 Å².